The smallest absolute Gasteiger partial charge is 0.257 e. The second-order valence-electron chi connectivity index (χ2n) is 8.92. The topological polar surface area (TPSA) is 67.2 Å². The Labute approximate surface area is 199 Å². The van der Waals surface area contributed by atoms with E-state index < -0.39 is 0 Å². The van der Waals surface area contributed by atoms with Crippen molar-refractivity contribution in [2.75, 3.05) is 11.9 Å². The number of benzene rings is 2. The molecule has 0 bridgehead atoms. The first-order chi connectivity index (χ1) is 15.8. The van der Waals surface area contributed by atoms with E-state index in [1.54, 1.807) is 12.1 Å². The maximum Gasteiger partial charge on any atom is 0.257 e. The largest absolute Gasteiger partial charge is 0.323 e. The highest BCUT2D eigenvalue weighted by molar-refractivity contribution is 6.33. The number of carbonyl (C=O) groups is 1. The van der Waals surface area contributed by atoms with Gasteiger partial charge in [0.15, 0.2) is 0 Å². The quantitative estimate of drug-likeness (QED) is 0.582. The van der Waals surface area contributed by atoms with Crippen LogP contribution in [-0.2, 0) is 30.8 Å². The lowest BCUT2D eigenvalue weighted by Gasteiger charge is -2.29. The summed E-state index contributed by atoms with van der Waals surface area (Å²) in [5.74, 6) is 0.335. The van der Waals surface area contributed by atoms with Gasteiger partial charge in [-0.2, -0.15) is 0 Å². The zero-order valence-corrected chi connectivity index (χ0v) is 20.0. The minimum Gasteiger partial charge on any atom is -0.323 e. The molecule has 172 valence electrons. The zero-order chi connectivity index (χ0) is 23.5. The number of aryl methyl sites for hydroxylation is 1. The van der Waals surface area contributed by atoms with Crippen molar-refractivity contribution in [1.29, 1.82) is 0 Å². The second-order valence-corrected chi connectivity index (χ2v) is 9.33. The Morgan fingerprint density at radius 1 is 1.18 bits per heavy atom. The number of aromatic nitrogens is 2. The van der Waals surface area contributed by atoms with Gasteiger partial charge < -0.3 is 5.32 Å². The Morgan fingerprint density at radius 3 is 2.64 bits per heavy atom. The lowest BCUT2D eigenvalue weighted by molar-refractivity contribution is -0.116. The maximum absolute atomic E-state index is 13.4. The third kappa shape index (κ3) is 5.34. The summed E-state index contributed by atoms with van der Waals surface area (Å²) in [7, 11) is 0. The Hall–Kier alpha value is -2.96. The van der Waals surface area contributed by atoms with Crippen LogP contribution in [0.15, 0.2) is 53.3 Å². The number of carbonyl (C=O) groups excluding carboxylic acids is 1. The van der Waals surface area contributed by atoms with E-state index in [4.69, 9.17) is 16.6 Å². The lowest BCUT2D eigenvalue weighted by Crippen LogP contribution is -2.40. The van der Waals surface area contributed by atoms with Crippen molar-refractivity contribution in [2.24, 2.45) is 0 Å². The van der Waals surface area contributed by atoms with Gasteiger partial charge in [0.05, 0.1) is 16.4 Å². The first-order valence-corrected chi connectivity index (χ1v) is 11.6. The van der Waals surface area contributed by atoms with Crippen LogP contribution in [0.1, 0.15) is 48.0 Å². The van der Waals surface area contributed by atoms with Crippen molar-refractivity contribution in [3.8, 4) is 0 Å². The number of halogens is 1. The van der Waals surface area contributed by atoms with Crippen LogP contribution in [0.4, 0.5) is 5.69 Å². The standard InChI is InChI=1S/C26H29ClN4O2/c1-17(2)25-29-23-15-30(14-19-7-5-4-6-8-19)12-11-20(23)26(33)31(25)16-24(32)28-22-10-9-18(3)13-21(22)27/h4-10,13,17H,11-12,14-16H2,1-3H3,(H,28,32). The molecule has 0 radical (unpaired) electrons. The number of rotatable bonds is 6. The van der Waals surface area contributed by atoms with Crippen molar-refractivity contribution in [2.45, 2.75) is 52.7 Å². The molecule has 0 saturated heterocycles. The number of hydrogen-bond acceptors (Lipinski definition) is 4. The summed E-state index contributed by atoms with van der Waals surface area (Å²) in [6.45, 7) is 8.06. The normalized spacial score (nSPS) is 13.7. The summed E-state index contributed by atoms with van der Waals surface area (Å²) in [4.78, 5) is 33.4. The Bertz CT molecular complexity index is 1220. The van der Waals surface area contributed by atoms with Crippen LogP contribution in [0.3, 0.4) is 0 Å². The molecule has 0 saturated carbocycles. The molecule has 0 spiro atoms. The molecule has 1 aromatic heterocycles. The number of fused-ring (bicyclic) bond motifs is 1. The van der Waals surface area contributed by atoms with Gasteiger partial charge in [0.1, 0.15) is 12.4 Å². The molecule has 7 heteroatoms. The van der Waals surface area contributed by atoms with Crippen LogP contribution in [0.25, 0.3) is 0 Å². The van der Waals surface area contributed by atoms with Crippen molar-refractivity contribution < 1.29 is 4.79 Å². The van der Waals surface area contributed by atoms with Crippen molar-refractivity contribution >= 4 is 23.2 Å². The molecule has 6 nitrogen and oxygen atoms in total. The van der Waals surface area contributed by atoms with E-state index in [1.807, 2.05) is 45.0 Å². The molecule has 3 aromatic rings. The van der Waals surface area contributed by atoms with Crippen LogP contribution >= 0.6 is 11.6 Å². The minimum atomic E-state index is -0.298. The molecule has 0 fully saturated rings. The van der Waals surface area contributed by atoms with Crippen molar-refractivity contribution in [3.05, 3.63) is 92.1 Å². The molecule has 0 atom stereocenters. The van der Waals surface area contributed by atoms with Gasteiger partial charge in [-0.15, -0.1) is 0 Å². The molecular formula is C26H29ClN4O2. The van der Waals surface area contributed by atoms with Gasteiger partial charge in [0.2, 0.25) is 5.91 Å². The first-order valence-electron chi connectivity index (χ1n) is 11.3. The van der Waals surface area contributed by atoms with E-state index in [0.717, 1.165) is 24.3 Å². The predicted octanol–water partition coefficient (Wildman–Crippen LogP) is 4.53. The summed E-state index contributed by atoms with van der Waals surface area (Å²) in [5, 5.41) is 3.30. The number of amides is 1. The van der Waals surface area contributed by atoms with Gasteiger partial charge in [-0.3, -0.25) is 19.1 Å². The fourth-order valence-electron chi connectivity index (χ4n) is 4.22. The van der Waals surface area contributed by atoms with Crippen LogP contribution < -0.4 is 10.9 Å². The highest BCUT2D eigenvalue weighted by Gasteiger charge is 2.25. The number of anilines is 1. The average Bonchev–Trinajstić information content (AvgIpc) is 2.78. The van der Waals surface area contributed by atoms with E-state index in [2.05, 4.69) is 22.3 Å². The summed E-state index contributed by atoms with van der Waals surface area (Å²) >= 11 is 6.26. The summed E-state index contributed by atoms with van der Waals surface area (Å²) in [6.07, 6.45) is 0.623. The van der Waals surface area contributed by atoms with Gasteiger partial charge >= 0.3 is 0 Å². The molecule has 33 heavy (non-hydrogen) atoms. The predicted molar refractivity (Wildman–Crippen MR) is 132 cm³/mol. The molecule has 4 rings (SSSR count). The van der Waals surface area contributed by atoms with E-state index in [9.17, 15) is 9.59 Å². The number of nitrogens with zero attached hydrogens (tertiary/aromatic N) is 3. The third-order valence-electron chi connectivity index (χ3n) is 5.89. The molecule has 1 aliphatic heterocycles. The molecular weight excluding hydrogens is 436 g/mol. The van der Waals surface area contributed by atoms with Gasteiger partial charge in [0.25, 0.3) is 5.56 Å². The Morgan fingerprint density at radius 2 is 1.94 bits per heavy atom. The number of hydrogen-bond donors (Lipinski definition) is 1. The van der Waals surface area contributed by atoms with Crippen LogP contribution in [-0.4, -0.2) is 26.9 Å². The van der Waals surface area contributed by atoms with E-state index in [0.29, 0.717) is 35.1 Å². The fourth-order valence-corrected chi connectivity index (χ4v) is 4.51. The zero-order valence-electron chi connectivity index (χ0n) is 19.3. The van der Waals surface area contributed by atoms with Gasteiger partial charge in [-0.1, -0.05) is 61.8 Å². The van der Waals surface area contributed by atoms with E-state index in [1.165, 1.54) is 10.1 Å². The first kappa shape index (κ1) is 23.2. The SMILES string of the molecule is Cc1ccc(NC(=O)Cn2c(C(C)C)nc3c(c2=O)CCN(Cc2ccccc2)C3)c(Cl)c1. The van der Waals surface area contributed by atoms with Crippen LogP contribution in [0, 0.1) is 6.92 Å². The molecule has 0 aliphatic carbocycles. The molecule has 1 N–H and O–H groups in total. The second kappa shape index (κ2) is 9.89. The van der Waals surface area contributed by atoms with Crippen LogP contribution in [0.5, 0.6) is 0 Å². The van der Waals surface area contributed by atoms with Gasteiger partial charge in [-0.25, -0.2) is 4.98 Å². The Balaban J connectivity index is 1.57. The van der Waals surface area contributed by atoms with E-state index in [-0.39, 0.29) is 23.9 Å². The number of nitrogens with one attached hydrogen (secondary N) is 1. The fraction of sp³-hybridized carbons (Fsp3) is 0.346. The molecule has 1 aliphatic rings. The maximum atomic E-state index is 13.4. The van der Waals surface area contributed by atoms with Crippen molar-refractivity contribution in [3.63, 3.8) is 0 Å². The minimum absolute atomic E-state index is 0.00302. The molecule has 1 amide bonds. The highest BCUT2D eigenvalue weighted by atomic mass is 35.5. The highest BCUT2D eigenvalue weighted by Crippen LogP contribution is 2.23. The summed E-state index contributed by atoms with van der Waals surface area (Å²) < 4.78 is 1.52. The average molecular weight is 465 g/mol. The molecule has 2 heterocycles. The van der Waals surface area contributed by atoms with Gasteiger partial charge in [0, 0.05) is 31.1 Å². The Kier molecular flexibility index (Phi) is 6.96. The molecule has 2 aromatic carbocycles. The summed E-state index contributed by atoms with van der Waals surface area (Å²) in [5.41, 5.74) is 4.21. The lowest BCUT2D eigenvalue weighted by atomic mass is 10.0. The summed E-state index contributed by atoms with van der Waals surface area (Å²) in [6, 6.07) is 15.8. The molecule has 0 unspecified atom stereocenters. The third-order valence-corrected chi connectivity index (χ3v) is 6.21. The monoisotopic (exact) mass is 464 g/mol. The van der Waals surface area contributed by atoms with Crippen LogP contribution in [0.2, 0.25) is 5.02 Å². The van der Waals surface area contributed by atoms with Gasteiger partial charge in [-0.05, 0) is 36.6 Å². The van der Waals surface area contributed by atoms with Crippen molar-refractivity contribution in [1.82, 2.24) is 14.5 Å². The van der Waals surface area contributed by atoms with E-state index >= 15 is 0 Å².